The lowest BCUT2D eigenvalue weighted by Gasteiger charge is -2.30. The summed E-state index contributed by atoms with van der Waals surface area (Å²) in [5.74, 6) is -2.03. The van der Waals surface area contributed by atoms with E-state index in [4.69, 9.17) is 23.8 Å². The lowest BCUT2D eigenvalue weighted by atomic mass is 9.76. The number of allylic oxidation sites excluding steroid dienone is 8. The van der Waals surface area contributed by atoms with Crippen LogP contribution >= 0.6 is 0 Å². The van der Waals surface area contributed by atoms with Gasteiger partial charge in [-0.25, -0.2) is 4.79 Å². The summed E-state index contributed by atoms with van der Waals surface area (Å²) in [6.45, 7) is 6.61. The Kier molecular flexibility index (Phi) is 19.9. The molecule has 2 aliphatic rings. The summed E-state index contributed by atoms with van der Waals surface area (Å²) >= 11 is 0. The molecule has 71 heavy (non-hydrogen) atoms. The molecule has 2 atom stereocenters. The van der Waals surface area contributed by atoms with Crippen molar-refractivity contribution in [2.75, 3.05) is 77.6 Å². The third-order valence-electron chi connectivity index (χ3n) is 12.4. The first-order valence-corrected chi connectivity index (χ1v) is 27.3. The summed E-state index contributed by atoms with van der Waals surface area (Å²) in [5, 5.41) is 19.6. The molecule has 0 bridgehead atoms. The second-order valence-corrected chi connectivity index (χ2v) is 21.7. The van der Waals surface area contributed by atoms with Crippen LogP contribution in [-0.2, 0) is 64.9 Å². The fourth-order valence-corrected chi connectivity index (χ4v) is 10.3. The molecule has 20 nitrogen and oxygen atoms in total. The zero-order valence-corrected chi connectivity index (χ0v) is 42.6. The number of aromatic hydroxyl groups is 2. The van der Waals surface area contributed by atoms with Gasteiger partial charge in [0, 0.05) is 80.4 Å². The Bertz CT molecular complexity index is 2830. The Labute approximate surface area is 415 Å². The van der Waals surface area contributed by atoms with Gasteiger partial charge in [0.15, 0.2) is 12.3 Å². The molecule has 0 radical (unpaired) electrons. The minimum absolute atomic E-state index is 0.00981. The number of methoxy groups -OCH3 is 2. The number of fused-ring (bicyclic) bond motifs is 2. The highest BCUT2D eigenvalue weighted by molar-refractivity contribution is 7.86. The molecule has 1 aromatic heterocycles. The van der Waals surface area contributed by atoms with Crippen molar-refractivity contribution in [3.05, 3.63) is 108 Å². The summed E-state index contributed by atoms with van der Waals surface area (Å²) in [7, 11) is -10.3. The highest BCUT2D eigenvalue weighted by atomic mass is 32.2. The molecule has 390 valence electrons. The standard InChI is InChI=1S/C48H63N3O17S3/c1-47(23-13-33-69(55,56)57)38-34-36(70(58,59)60)18-20-41(38)50(26-28-66-31-32-67-30-29-65-4)42(47)14-9-6-5-7-10-15-43-48(2,24-27-64-3)39-35-37(71(61,62)63)17-19-40(39)49(43)25-12-8-11-16-46(54)68-51-44(52)21-22-45(51)53/h5-7,9-10,14-15,17-22,34-35H,8,11-13,16,23-33H2,1-4H3,(H4-,52,53,55,56,57,58,59,60,61,62,63)/p+1. The van der Waals surface area contributed by atoms with Crippen LogP contribution in [0.25, 0.3) is 0 Å². The maximum atomic E-state index is 12.5. The minimum Gasteiger partial charge on any atom is -0.492 e. The van der Waals surface area contributed by atoms with Crippen LogP contribution in [0.1, 0.15) is 69.9 Å². The fourth-order valence-electron chi connectivity index (χ4n) is 8.77. The molecule has 2 unspecified atom stereocenters. The number of rotatable bonds is 29. The number of anilines is 1. The molecule has 23 heteroatoms. The number of unbranched alkanes of at least 4 members (excludes halogenated alkanes) is 2. The molecule has 0 aliphatic carbocycles. The first-order chi connectivity index (χ1) is 33.5. The number of benzene rings is 2. The molecule has 3 heterocycles. The van der Waals surface area contributed by atoms with E-state index in [1.165, 1.54) is 36.4 Å². The van der Waals surface area contributed by atoms with Crippen molar-refractivity contribution < 1.29 is 82.3 Å². The number of hydrogen-bond acceptors (Lipinski definition) is 15. The molecule has 2 aromatic carbocycles. The average Bonchev–Trinajstić information content (AvgIpc) is 3.83. The summed E-state index contributed by atoms with van der Waals surface area (Å²) < 4.78 is 127. The lowest BCUT2D eigenvalue weighted by Crippen LogP contribution is -2.32. The molecular weight excluding hydrogens is 987 g/mol. The Balaban J connectivity index is 1.42. The van der Waals surface area contributed by atoms with Crippen LogP contribution in [0.2, 0.25) is 0 Å². The average molecular weight is 1050 g/mol. The summed E-state index contributed by atoms with van der Waals surface area (Å²) in [4.78, 5) is 19.0. The van der Waals surface area contributed by atoms with E-state index in [1.54, 1.807) is 50.7 Å². The smallest absolute Gasteiger partial charge is 0.333 e. The molecule has 3 aromatic rings. The van der Waals surface area contributed by atoms with Gasteiger partial charge in [0.05, 0.1) is 47.4 Å². The summed E-state index contributed by atoms with van der Waals surface area (Å²) in [5.41, 5.74) is 2.29. The largest absolute Gasteiger partial charge is 0.492 e. The summed E-state index contributed by atoms with van der Waals surface area (Å²) in [6, 6.07) is 11.1. The van der Waals surface area contributed by atoms with Gasteiger partial charge in [-0.05, 0) is 87.9 Å². The SMILES string of the molecule is COCCOCCOCC[N+]1=C(C=CC=CC=CC=C2N(CCCCCC(=O)On3c(O)ccc3O)c3ccc(S(=O)(=O)O)cc3C2(C)CCOC)C(C)(CCCS(=O)(=O)O)c2cc(S(=O)(=O)O)ccc21. The van der Waals surface area contributed by atoms with Crippen LogP contribution in [0.15, 0.2) is 107 Å². The number of hydrogen-bond donors (Lipinski definition) is 5. The van der Waals surface area contributed by atoms with E-state index in [0.717, 1.165) is 11.4 Å². The van der Waals surface area contributed by atoms with Crippen molar-refractivity contribution >= 4 is 53.4 Å². The van der Waals surface area contributed by atoms with E-state index in [-0.39, 0.29) is 35.7 Å². The van der Waals surface area contributed by atoms with Crippen LogP contribution < -0.4 is 9.74 Å². The monoisotopic (exact) mass is 1050 g/mol. The van der Waals surface area contributed by atoms with Gasteiger partial charge in [0.25, 0.3) is 30.4 Å². The number of carbonyl (C=O) groups excluding carboxylic acids is 1. The number of carbonyl (C=O) groups is 1. The molecule has 0 saturated carbocycles. The van der Waals surface area contributed by atoms with Gasteiger partial charge in [0.1, 0.15) is 6.61 Å². The van der Waals surface area contributed by atoms with Gasteiger partial charge in [-0.1, -0.05) is 36.8 Å². The Hall–Kier alpha value is -5.21. The summed E-state index contributed by atoms with van der Waals surface area (Å²) in [6.07, 6.45) is 15.0. The molecule has 0 fully saturated rings. The van der Waals surface area contributed by atoms with Gasteiger partial charge in [-0.3, -0.25) is 13.7 Å². The lowest BCUT2D eigenvalue weighted by molar-refractivity contribution is -0.442. The van der Waals surface area contributed by atoms with Crippen LogP contribution in [0, 0.1) is 0 Å². The van der Waals surface area contributed by atoms with Gasteiger partial charge in [-0.15, -0.1) is 4.73 Å². The Morgan fingerprint density at radius 1 is 0.676 bits per heavy atom. The van der Waals surface area contributed by atoms with Crippen LogP contribution in [0.4, 0.5) is 11.4 Å². The van der Waals surface area contributed by atoms with Crippen LogP contribution in [0.5, 0.6) is 11.8 Å². The van der Waals surface area contributed by atoms with Crippen molar-refractivity contribution in [3.63, 3.8) is 0 Å². The number of nitrogens with zero attached hydrogens (tertiary/aromatic N) is 3. The van der Waals surface area contributed by atoms with Crippen molar-refractivity contribution in [2.45, 2.75) is 79.4 Å². The predicted octanol–water partition coefficient (Wildman–Crippen LogP) is 5.68. The van der Waals surface area contributed by atoms with E-state index in [9.17, 15) is 53.9 Å². The maximum Gasteiger partial charge on any atom is 0.333 e. The van der Waals surface area contributed by atoms with Crippen molar-refractivity contribution in [2.24, 2.45) is 0 Å². The van der Waals surface area contributed by atoms with Crippen molar-refractivity contribution in [1.82, 2.24) is 4.73 Å². The molecule has 2 aliphatic heterocycles. The van der Waals surface area contributed by atoms with Crippen molar-refractivity contribution in [1.29, 1.82) is 0 Å². The molecule has 5 N–H and O–H groups in total. The first-order valence-electron chi connectivity index (χ1n) is 22.8. The van der Waals surface area contributed by atoms with Crippen LogP contribution in [-0.4, -0.2) is 143 Å². The van der Waals surface area contributed by atoms with E-state index in [1.807, 2.05) is 36.7 Å². The Morgan fingerprint density at radius 3 is 1.93 bits per heavy atom. The van der Waals surface area contributed by atoms with Crippen LogP contribution in [0.3, 0.4) is 0 Å². The normalized spacial score (nSPS) is 19.0. The highest BCUT2D eigenvalue weighted by Crippen LogP contribution is 2.51. The number of ether oxygens (including phenoxy) is 4. The highest BCUT2D eigenvalue weighted by Gasteiger charge is 2.48. The van der Waals surface area contributed by atoms with E-state index >= 15 is 0 Å². The number of aromatic nitrogens is 1. The zero-order chi connectivity index (χ0) is 52.0. The van der Waals surface area contributed by atoms with Gasteiger partial charge >= 0.3 is 5.97 Å². The van der Waals surface area contributed by atoms with E-state index in [2.05, 4.69) is 4.90 Å². The zero-order valence-electron chi connectivity index (χ0n) is 40.2. The Morgan fingerprint density at radius 2 is 1.28 bits per heavy atom. The first kappa shape index (κ1) is 56.7. The van der Waals surface area contributed by atoms with E-state index in [0.29, 0.717) is 99.1 Å². The third kappa shape index (κ3) is 14.9. The van der Waals surface area contributed by atoms with Gasteiger partial charge < -0.3 is 38.9 Å². The van der Waals surface area contributed by atoms with E-state index < -0.39 is 64.7 Å². The van der Waals surface area contributed by atoms with Gasteiger partial charge in [-0.2, -0.15) is 29.8 Å². The molecule has 0 saturated heterocycles. The fraction of sp³-hybridized carbons (Fsp3) is 0.458. The second-order valence-electron chi connectivity index (χ2n) is 17.3. The quantitative estimate of drug-likeness (QED) is 0.0242. The maximum absolute atomic E-state index is 12.5. The van der Waals surface area contributed by atoms with Crippen molar-refractivity contribution in [3.8, 4) is 11.8 Å². The molecule has 0 amide bonds. The van der Waals surface area contributed by atoms with Gasteiger partial charge in [0.2, 0.25) is 17.4 Å². The second kappa shape index (κ2) is 25.0. The predicted molar refractivity (Wildman–Crippen MR) is 263 cm³/mol. The molecular formula is C48H64N3O17S3+. The topological polar surface area (TPSA) is 278 Å². The third-order valence-corrected chi connectivity index (χ3v) is 14.9. The molecule has 0 spiro atoms. The molecule has 5 rings (SSSR count). The minimum atomic E-state index is -4.61.